The Labute approximate surface area is 125 Å². The van der Waals surface area contributed by atoms with Crippen molar-refractivity contribution in [2.45, 2.75) is 6.92 Å². The highest BCUT2D eigenvalue weighted by atomic mass is 32.1. The molecule has 0 radical (unpaired) electrons. The number of fused-ring (bicyclic) bond motifs is 1. The lowest BCUT2D eigenvalue weighted by Crippen LogP contribution is -2.08. The lowest BCUT2D eigenvalue weighted by molar-refractivity contribution is 0.311. The number of aliphatic hydroxyl groups is 1. The number of aromatic nitrogens is 2. The second-order valence-electron chi connectivity index (χ2n) is 4.61. The minimum atomic E-state index is -0.260. The summed E-state index contributed by atoms with van der Waals surface area (Å²) in [5, 5.41) is 15.0. The van der Waals surface area contributed by atoms with Crippen molar-refractivity contribution in [3.8, 4) is 11.1 Å². The molecule has 2 aromatic heterocycles. The van der Waals surface area contributed by atoms with Gasteiger partial charge in [-0.05, 0) is 24.6 Å². The zero-order chi connectivity index (χ0) is 14.8. The molecule has 0 spiro atoms. The summed E-state index contributed by atoms with van der Waals surface area (Å²) in [6.45, 7) is 2.28. The molecule has 0 aliphatic heterocycles. The van der Waals surface area contributed by atoms with Crippen LogP contribution in [0.1, 0.15) is 5.82 Å². The molecule has 2 N–H and O–H groups in total. The molecule has 108 valence electrons. The molecule has 3 aromatic rings. The molecule has 21 heavy (non-hydrogen) atoms. The summed E-state index contributed by atoms with van der Waals surface area (Å²) in [5.41, 5.74) is 1.89. The van der Waals surface area contributed by atoms with Crippen LogP contribution in [0.4, 0.5) is 10.2 Å². The van der Waals surface area contributed by atoms with Gasteiger partial charge in [-0.3, -0.25) is 0 Å². The van der Waals surface area contributed by atoms with Crippen molar-refractivity contribution in [2.24, 2.45) is 0 Å². The lowest BCUT2D eigenvalue weighted by atomic mass is 10.1. The maximum Gasteiger partial charge on any atom is 0.139 e. The minimum Gasteiger partial charge on any atom is -0.395 e. The summed E-state index contributed by atoms with van der Waals surface area (Å²) >= 11 is 1.53. The number of halogens is 1. The Balaban J connectivity index is 2.17. The van der Waals surface area contributed by atoms with Crippen molar-refractivity contribution < 1.29 is 9.50 Å². The summed E-state index contributed by atoms with van der Waals surface area (Å²) in [6.07, 6.45) is 0. The second-order valence-corrected chi connectivity index (χ2v) is 5.46. The van der Waals surface area contributed by atoms with Crippen LogP contribution < -0.4 is 5.32 Å². The van der Waals surface area contributed by atoms with Gasteiger partial charge in [-0.2, -0.15) is 0 Å². The SMILES string of the molecule is Cc1nc(NCCO)c2c(-c3ccc(F)cc3)csc2n1. The molecule has 0 saturated carbocycles. The number of anilines is 1. The highest BCUT2D eigenvalue weighted by Gasteiger charge is 2.14. The fourth-order valence-corrected chi connectivity index (χ4v) is 3.19. The molecule has 0 bridgehead atoms. The van der Waals surface area contributed by atoms with Crippen LogP contribution in [0.2, 0.25) is 0 Å². The lowest BCUT2D eigenvalue weighted by Gasteiger charge is -2.08. The molecule has 4 nitrogen and oxygen atoms in total. The van der Waals surface area contributed by atoms with Gasteiger partial charge in [0.15, 0.2) is 0 Å². The first-order valence-electron chi connectivity index (χ1n) is 6.55. The molecule has 0 atom stereocenters. The number of hydrogen-bond acceptors (Lipinski definition) is 5. The van der Waals surface area contributed by atoms with Crippen LogP contribution in [0, 0.1) is 12.7 Å². The largest absolute Gasteiger partial charge is 0.395 e. The fraction of sp³-hybridized carbons (Fsp3) is 0.200. The number of aryl methyl sites for hydroxylation is 1. The van der Waals surface area contributed by atoms with E-state index in [0.717, 1.165) is 21.3 Å². The summed E-state index contributed by atoms with van der Waals surface area (Å²) in [7, 11) is 0. The predicted octanol–water partition coefficient (Wildman–Crippen LogP) is 3.21. The van der Waals surface area contributed by atoms with Gasteiger partial charge in [0.2, 0.25) is 0 Å². The Morgan fingerprint density at radius 3 is 2.71 bits per heavy atom. The first-order chi connectivity index (χ1) is 10.2. The third kappa shape index (κ3) is 2.72. The van der Waals surface area contributed by atoms with Gasteiger partial charge in [0.25, 0.3) is 0 Å². The Hall–Kier alpha value is -2.05. The third-order valence-electron chi connectivity index (χ3n) is 3.10. The minimum absolute atomic E-state index is 0.0283. The summed E-state index contributed by atoms with van der Waals surface area (Å²) in [5.74, 6) is 1.12. The van der Waals surface area contributed by atoms with Crippen molar-refractivity contribution in [3.05, 3.63) is 41.3 Å². The van der Waals surface area contributed by atoms with Gasteiger partial charge in [-0.1, -0.05) is 12.1 Å². The van der Waals surface area contributed by atoms with Crippen LogP contribution in [-0.2, 0) is 0 Å². The van der Waals surface area contributed by atoms with Crippen molar-refractivity contribution >= 4 is 27.4 Å². The van der Waals surface area contributed by atoms with E-state index in [1.54, 1.807) is 12.1 Å². The normalized spacial score (nSPS) is 11.0. The van der Waals surface area contributed by atoms with Crippen molar-refractivity contribution in [3.63, 3.8) is 0 Å². The molecule has 0 unspecified atom stereocenters. The van der Waals surface area contributed by atoms with Gasteiger partial charge >= 0.3 is 0 Å². The van der Waals surface area contributed by atoms with Gasteiger partial charge in [0.05, 0.1) is 12.0 Å². The van der Waals surface area contributed by atoms with E-state index in [1.807, 2.05) is 12.3 Å². The summed E-state index contributed by atoms with van der Waals surface area (Å²) < 4.78 is 13.1. The van der Waals surface area contributed by atoms with Gasteiger partial charge in [0.1, 0.15) is 22.3 Å². The number of rotatable bonds is 4. The standard InChI is InChI=1S/C15H14FN3OS/c1-9-18-14(17-6-7-20)13-12(8-21-15(13)19-9)10-2-4-11(16)5-3-10/h2-5,8,20H,6-7H2,1H3,(H,17,18,19). The Morgan fingerprint density at radius 2 is 2.00 bits per heavy atom. The van der Waals surface area contributed by atoms with Crippen molar-refractivity contribution in [1.29, 1.82) is 0 Å². The van der Waals surface area contributed by atoms with E-state index in [9.17, 15) is 4.39 Å². The highest BCUT2D eigenvalue weighted by Crippen LogP contribution is 2.36. The molecule has 0 aliphatic rings. The maximum atomic E-state index is 13.1. The molecule has 0 saturated heterocycles. The average molecular weight is 303 g/mol. The molecule has 0 aliphatic carbocycles. The first kappa shape index (κ1) is 13.9. The number of nitrogens with one attached hydrogen (secondary N) is 1. The zero-order valence-corrected chi connectivity index (χ0v) is 12.2. The highest BCUT2D eigenvalue weighted by molar-refractivity contribution is 7.17. The van der Waals surface area contributed by atoms with Crippen LogP contribution >= 0.6 is 11.3 Å². The summed E-state index contributed by atoms with van der Waals surface area (Å²) in [6, 6.07) is 6.36. The Kier molecular flexibility index (Phi) is 3.81. The quantitative estimate of drug-likeness (QED) is 0.777. The van der Waals surface area contributed by atoms with Crippen molar-refractivity contribution in [1.82, 2.24) is 9.97 Å². The molecule has 6 heteroatoms. The van der Waals surface area contributed by atoms with Gasteiger partial charge in [0, 0.05) is 17.5 Å². The van der Waals surface area contributed by atoms with Crippen LogP contribution in [0.5, 0.6) is 0 Å². The van der Waals surface area contributed by atoms with Crippen molar-refractivity contribution in [2.75, 3.05) is 18.5 Å². The molecule has 0 amide bonds. The molecule has 3 rings (SSSR count). The van der Waals surface area contributed by atoms with Crippen LogP contribution in [0.15, 0.2) is 29.6 Å². The topological polar surface area (TPSA) is 58.0 Å². The summed E-state index contributed by atoms with van der Waals surface area (Å²) in [4.78, 5) is 9.73. The molecular formula is C15H14FN3OS. The molecule has 0 fully saturated rings. The van der Waals surface area contributed by atoms with Gasteiger partial charge in [-0.15, -0.1) is 11.3 Å². The number of benzene rings is 1. The average Bonchev–Trinajstić information content (AvgIpc) is 2.89. The van der Waals surface area contributed by atoms with E-state index in [0.29, 0.717) is 18.2 Å². The molecule has 1 aromatic carbocycles. The Bertz CT molecular complexity index is 770. The zero-order valence-electron chi connectivity index (χ0n) is 11.4. The monoisotopic (exact) mass is 303 g/mol. The van der Waals surface area contributed by atoms with E-state index in [-0.39, 0.29) is 12.4 Å². The molecule has 2 heterocycles. The van der Waals surface area contributed by atoms with E-state index in [2.05, 4.69) is 15.3 Å². The van der Waals surface area contributed by atoms with E-state index in [1.165, 1.54) is 23.5 Å². The molecular weight excluding hydrogens is 289 g/mol. The number of thiophene rings is 1. The maximum absolute atomic E-state index is 13.1. The van der Waals surface area contributed by atoms with Gasteiger partial charge < -0.3 is 10.4 Å². The number of nitrogens with zero attached hydrogens (tertiary/aromatic N) is 2. The van der Waals surface area contributed by atoms with Crippen LogP contribution in [-0.4, -0.2) is 28.2 Å². The van der Waals surface area contributed by atoms with E-state index in [4.69, 9.17) is 5.11 Å². The van der Waals surface area contributed by atoms with E-state index < -0.39 is 0 Å². The van der Waals surface area contributed by atoms with E-state index >= 15 is 0 Å². The first-order valence-corrected chi connectivity index (χ1v) is 7.43. The predicted molar refractivity (Wildman–Crippen MR) is 83.1 cm³/mol. The number of aliphatic hydroxyl groups excluding tert-OH is 1. The van der Waals surface area contributed by atoms with Gasteiger partial charge in [-0.25, -0.2) is 14.4 Å². The van der Waals surface area contributed by atoms with Crippen LogP contribution in [0.25, 0.3) is 21.3 Å². The third-order valence-corrected chi connectivity index (χ3v) is 3.98. The van der Waals surface area contributed by atoms with Crippen LogP contribution in [0.3, 0.4) is 0 Å². The Morgan fingerprint density at radius 1 is 1.24 bits per heavy atom. The second kappa shape index (κ2) is 5.75. The number of hydrogen-bond donors (Lipinski definition) is 2. The fourth-order valence-electron chi connectivity index (χ4n) is 2.19. The smallest absolute Gasteiger partial charge is 0.139 e.